The second kappa shape index (κ2) is 4.84. The highest BCUT2D eigenvalue weighted by Crippen LogP contribution is 2.45. The van der Waals surface area contributed by atoms with Crippen molar-refractivity contribution >= 4 is 11.4 Å². The minimum atomic E-state index is -0.0517. The smallest absolute Gasteiger partial charge is 0.255 e. The van der Waals surface area contributed by atoms with Crippen molar-refractivity contribution in [2.45, 2.75) is 33.2 Å². The Labute approximate surface area is 124 Å². The Kier molecular flexibility index (Phi) is 3.24. The number of nitrogens with two attached hydrogens (primary N) is 1. The minimum absolute atomic E-state index is 0.0517. The zero-order valence-corrected chi connectivity index (χ0v) is 12.8. The van der Waals surface area contributed by atoms with E-state index in [0.29, 0.717) is 18.0 Å². The molecule has 1 saturated carbocycles. The molecule has 1 aliphatic rings. The first-order valence-corrected chi connectivity index (χ1v) is 7.38. The summed E-state index contributed by atoms with van der Waals surface area (Å²) in [5.41, 5.74) is 8.41. The average Bonchev–Trinajstić information content (AvgIpc) is 2.85. The van der Waals surface area contributed by atoms with Gasteiger partial charge in [-0.3, -0.25) is 4.79 Å². The summed E-state index contributed by atoms with van der Waals surface area (Å²) in [6.45, 7) is 7.02. The van der Waals surface area contributed by atoms with Crippen LogP contribution in [0, 0.1) is 18.3 Å². The molecule has 3 rings (SSSR count). The quantitative estimate of drug-likeness (QED) is 0.903. The molecule has 0 saturated heterocycles. The van der Waals surface area contributed by atoms with Crippen LogP contribution in [0.1, 0.15) is 36.2 Å². The van der Waals surface area contributed by atoms with Gasteiger partial charge in [-0.15, -0.1) is 0 Å². The Morgan fingerprint density at radius 3 is 3.00 bits per heavy atom. The van der Waals surface area contributed by atoms with E-state index in [1.165, 1.54) is 0 Å². The number of carbonyl (C=O) groups is 1. The van der Waals surface area contributed by atoms with Gasteiger partial charge in [0.2, 0.25) is 0 Å². The van der Waals surface area contributed by atoms with Crippen molar-refractivity contribution in [2.75, 3.05) is 6.54 Å². The number of nitrogens with zero attached hydrogens (tertiary/aromatic N) is 2. The molecule has 21 heavy (non-hydrogen) atoms. The molecule has 5 heteroatoms. The maximum atomic E-state index is 12.5. The largest absolute Gasteiger partial charge is 0.349 e. The number of hydrogen-bond acceptors (Lipinski definition) is 3. The Morgan fingerprint density at radius 2 is 2.33 bits per heavy atom. The summed E-state index contributed by atoms with van der Waals surface area (Å²) in [7, 11) is 0. The third kappa shape index (κ3) is 2.21. The highest BCUT2D eigenvalue weighted by Gasteiger charge is 2.47. The van der Waals surface area contributed by atoms with Crippen molar-refractivity contribution < 1.29 is 4.79 Å². The van der Waals surface area contributed by atoms with Crippen molar-refractivity contribution in [1.82, 2.24) is 14.9 Å². The molecule has 0 radical (unpaired) electrons. The first-order valence-electron chi connectivity index (χ1n) is 7.38. The standard InChI is InChI=1S/C16H22N4O/c1-10-4-5-20-13(6-10)12(9-18-20)15(21)19-14-7-11(8-17)16(14,2)3/h4-6,9,11,14H,7-8,17H2,1-3H3,(H,19,21). The number of fused-ring (bicyclic) bond motifs is 1. The molecule has 0 aromatic carbocycles. The molecule has 112 valence electrons. The average molecular weight is 286 g/mol. The molecule has 1 amide bonds. The van der Waals surface area contributed by atoms with Gasteiger partial charge in [0.15, 0.2) is 0 Å². The van der Waals surface area contributed by atoms with Crippen LogP contribution in [-0.4, -0.2) is 28.1 Å². The summed E-state index contributed by atoms with van der Waals surface area (Å²) in [5.74, 6) is 0.429. The molecular formula is C16H22N4O. The number of nitrogens with one attached hydrogen (secondary N) is 1. The van der Waals surface area contributed by atoms with Crippen LogP contribution >= 0.6 is 0 Å². The van der Waals surface area contributed by atoms with E-state index in [1.54, 1.807) is 10.7 Å². The van der Waals surface area contributed by atoms with Gasteiger partial charge in [0.1, 0.15) is 0 Å². The lowest BCUT2D eigenvalue weighted by Crippen LogP contribution is -2.60. The van der Waals surface area contributed by atoms with Gasteiger partial charge in [-0.2, -0.15) is 5.10 Å². The van der Waals surface area contributed by atoms with E-state index in [4.69, 9.17) is 5.73 Å². The Balaban J connectivity index is 1.81. The number of hydrogen-bond donors (Lipinski definition) is 2. The molecule has 5 nitrogen and oxygen atoms in total. The number of carbonyl (C=O) groups excluding carboxylic acids is 1. The first kappa shape index (κ1) is 14.1. The number of aryl methyl sites for hydroxylation is 1. The van der Waals surface area contributed by atoms with E-state index in [2.05, 4.69) is 24.3 Å². The summed E-state index contributed by atoms with van der Waals surface area (Å²) < 4.78 is 1.73. The zero-order chi connectivity index (χ0) is 15.2. The predicted octanol–water partition coefficient (Wildman–Crippen LogP) is 1.75. The van der Waals surface area contributed by atoms with Gasteiger partial charge in [-0.1, -0.05) is 13.8 Å². The molecule has 1 fully saturated rings. The number of amides is 1. The Morgan fingerprint density at radius 1 is 1.57 bits per heavy atom. The van der Waals surface area contributed by atoms with Crippen molar-refractivity contribution in [3.05, 3.63) is 35.7 Å². The summed E-state index contributed by atoms with van der Waals surface area (Å²) in [4.78, 5) is 12.5. The van der Waals surface area contributed by atoms with E-state index < -0.39 is 0 Å². The van der Waals surface area contributed by atoms with Crippen LogP contribution in [0.5, 0.6) is 0 Å². The second-order valence-corrected chi connectivity index (χ2v) is 6.61. The van der Waals surface area contributed by atoms with Gasteiger partial charge in [-0.05, 0) is 48.9 Å². The lowest BCUT2D eigenvalue weighted by atomic mass is 9.58. The lowest BCUT2D eigenvalue weighted by molar-refractivity contribution is 0.0200. The normalized spacial score (nSPS) is 23.8. The van der Waals surface area contributed by atoms with Crippen LogP contribution in [0.15, 0.2) is 24.5 Å². The molecule has 1 aliphatic carbocycles. The van der Waals surface area contributed by atoms with Gasteiger partial charge < -0.3 is 11.1 Å². The van der Waals surface area contributed by atoms with Crippen molar-refractivity contribution in [3.8, 4) is 0 Å². The fourth-order valence-electron chi connectivity index (χ4n) is 3.16. The van der Waals surface area contributed by atoms with E-state index in [-0.39, 0.29) is 17.4 Å². The topological polar surface area (TPSA) is 72.4 Å². The fourth-order valence-corrected chi connectivity index (χ4v) is 3.16. The van der Waals surface area contributed by atoms with E-state index in [0.717, 1.165) is 17.5 Å². The number of pyridine rings is 1. The van der Waals surface area contributed by atoms with E-state index in [1.807, 2.05) is 25.3 Å². The van der Waals surface area contributed by atoms with Crippen molar-refractivity contribution in [2.24, 2.45) is 17.1 Å². The Bertz CT molecular complexity index is 689. The molecule has 0 spiro atoms. The van der Waals surface area contributed by atoms with Gasteiger partial charge in [-0.25, -0.2) is 4.52 Å². The summed E-state index contributed by atoms with van der Waals surface area (Å²) in [6, 6.07) is 4.14. The number of rotatable bonds is 3. The predicted molar refractivity (Wildman–Crippen MR) is 82.1 cm³/mol. The van der Waals surface area contributed by atoms with Gasteiger partial charge in [0.25, 0.3) is 5.91 Å². The molecule has 2 aromatic rings. The molecule has 0 aliphatic heterocycles. The van der Waals surface area contributed by atoms with Crippen LogP contribution < -0.4 is 11.1 Å². The molecule has 2 heterocycles. The third-order valence-corrected chi connectivity index (χ3v) is 4.98. The molecular weight excluding hydrogens is 264 g/mol. The van der Waals surface area contributed by atoms with Crippen LogP contribution in [-0.2, 0) is 0 Å². The van der Waals surface area contributed by atoms with Gasteiger partial charge >= 0.3 is 0 Å². The number of aromatic nitrogens is 2. The maximum absolute atomic E-state index is 12.5. The van der Waals surface area contributed by atoms with E-state index >= 15 is 0 Å². The van der Waals surface area contributed by atoms with Crippen molar-refractivity contribution in [1.29, 1.82) is 0 Å². The summed E-state index contributed by atoms with van der Waals surface area (Å²) >= 11 is 0. The first-order chi connectivity index (χ1) is 9.93. The highest BCUT2D eigenvalue weighted by molar-refractivity contribution is 6.00. The SMILES string of the molecule is Cc1ccn2ncc(C(=O)NC3CC(CN)C3(C)C)c2c1. The molecule has 2 unspecified atom stereocenters. The van der Waals surface area contributed by atoms with Gasteiger partial charge in [0.05, 0.1) is 17.3 Å². The highest BCUT2D eigenvalue weighted by atomic mass is 16.1. The molecule has 2 atom stereocenters. The van der Waals surface area contributed by atoms with Crippen LogP contribution in [0.4, 0.5) is 0 Å². The summed E-state index contributed by atoms with van der Waals surface area (Å²) in [6.07, 6.45) is 4.46. The third-order valence-electron chi connectivity index (χ3n) is 4.98. The monoisotopic (exact) mass is 286 g/mol. The second-order valence-electron chi connectivity index (χ2n) is 6.61. The van der Waals surface area contributed by atoms with E-state index in [9.17, 15) is 4.79 Å². The fraction of sp³-hybridized carbons (Fsp3) is 0.500. The molecule has 2 aromatic heterocycles. The minimum Gasteiger partial charge on any atom is -0.349 e. The molecule has 0 bridgehead atoms. The van der Waals surface area contributed by atoms with Crippen molar-refractivity contribution in [3.63, 3.8) is 0 Å². The van der Waals surface area contributed by atoms with Crippen LogP contribution in [0.3, 0.4) is 0 Å². The summed E-state index contributed by atoms with van der Waals surface area (Å²) in [5, 5.41) is 7.37. The Hall–Kier alpha value is -1.88. The van der Waals surface area contributed by atoms with Crippen LogP contribution in [0.2, 0.25) is 0 Å². The van der Waals surface area contributed by atoms with Gasteiger partial charge in [0, 0.05) is 12.2 Å². The molecule has 3 N–H and O–H groups in total. The lowest BCUT2D eigenvalue weighted by Gasteiger charge is -2.52. The zero-order valence-electron chi connectivity index (χ0n) is 12.8. The van der Waals surface area contributed by atoms with Crippen LogP contribution in [0.25, 0.3) is 5.52 Å². The maximum Gasteiger partial charge on any atom is 0.255 e.